The number of nitrogens with one attached hydrogen (secondary N) is 1. The quantitative estimate of drug-likeness (QED) is 0.416. The van der Waals surface area contributed by atoms with Gasteiger partial charge >= 0.3 is 0 Å². The predicted octanol–water partition coefficient (Wildman–Crippen LogP) is 1.46. The number of anilines is 1. The van der Waals surface area contributed by atoms with Crippen molar-refractivity contribution < 1.29 is 4.79 Å². The number of tetrazole rings is 1. The first-order chi connectivity index (χ1) is 12.1. The Kier molecular flexibility index (Phi) is 4.79. The Balaban J connectivity index is 1.61. The molecule has 0 radical (unpaired) electrons. The van der Waals surface area contributed by atoms with Crippen LogP contribution in [0.25, 0.3) is 11.4 Å². The van der Waals surface area contributed by atoms with Crippen LogP contribution in [0.1, 0.15) is 12.5 Å². The molecule has 0 atom stereocenters. The van der Waals surface area contributed by atoms with Crippen molar-refractivity contribution in [2.75, 3.05) is 5.73 Å². The molecule has 126 valence electrons. The van der Waals surface area contributed by atoms with Crippen molar-refractivity contribution in [1.29, 1.82) is 0 Å². The van der Waals surface area contributed by atoms with Gasteiger partial charge in [-0.2, -0.15) is 9.90 Å². The van der Waals surface area contributed by atoms with Gasteiger partial charge in [0.15, 0.2) is 0 Å². The molecule has 8 heteroatoms. The first kappa shape index (κ1) is 16.3. The molecule has 1 amide bonds. The monoisotopic (exact) mass is 335 g/mol. The Morgan fingerprint density at radius 3 is 2.76 bits per heavy atom. The van der Waals surface area contributed by atoms with E-state index in [1.165, 1.54) is 4.80 Å². The SMILES string of the molecule is C/C(=N\NC(=O)Cn1nnc(-c2ccccc2)n1)c1cccc(N)c1. The molecule has 25 heavy (non-hydrogen) atoms. The second-order valence-electron chi connectivity index (χ2n) is 5.37. The first-order valence-corrected chi connectivity index (χ1v) is 7.64. The third kappa shape index (κ3) is 4.25. The molecule has 0 aliphatic rings. The fraction of sp³-hybridized carbons (Fsp3) is 0.118. The van der Waals surface area contributed by atoms with Crippen LogP contribution >= 0.6 is 0 Å². The van der Waals surface area contributed by atoms with Gasteiger partial charge in [-0.15, -0.1) is 10.2 Å². The second kappa shape index (κ2) is 7.35. The van der Waals surface area contributed by atoms with Crippen LogP contribution < -0.4 is 11.2 Å². The standard InChI is InChI=1S/C17H17N7O/c1-12(14-8-5-9-15(18)10-14)19-20-16(25)11-24-22-17(21-23-24)13-6-3-2-4-7-13/h2-10H,11,18H2,1H3,(H,20,25)/b19-12+. The summed E-state index contributed by atoms with van der Waals surface area (Å²) in [7, 11) is 0. The van der Waals surface area contributed by atoms with E-state index in [1.807, 2.05) is 42.5 Å². The van der Waals surface area contributed by atoms with Gasteiger partial charge in [0, 0.05) is 11.3 Å². The van der Waals surface area contributed by atoms with Crippen molar-refractivity contribution in [3.63, 3.8) is 0 Å². The Hall–Kier alpha value is -3.55. The van der Waals surface area contributed by atoms with Gasteiger partial charge in [0.05, 0.1) is 5.71 Å². The van der Waals surface area contributed by atoms with E-state index >= 15 is 0 Å². The van der Waals surface area contributed by atoms with Crippen LogP contribution in [0.4, 0.5) is 5.69 Å². The molecular weight excluding hydrogens is 318 g/mol. The predicted molar refractivity (Wildman–Crippen MR) is 94.5 cm³/mol. The highest BCUT2D eigenvalue weighted by atomic mass is 16.2. The van der Waals surface area contributed by atoms with Crippen LogP contribution in [0.15, 0.2) is 59.7 Å². The summed E-state index contributed by atoms with van der Waals surface area (Å²) in [5, 5.41) is 16.1. The summed E-state index contributed by atoms with van der Waals surface area (Å²) in [5.74, 6) is 0.119. The van der Waals surface area contributed by atoms with Gasteiger partial charge in [-0.05, 0) is 29.8 Å². The zero-order chi connectivity index (χ0) is 17.6. The zero-order valence-corrected chi connectivity index (χ0v) is 13.6. The van der Waals surface area contributed by atoms with E-state index in [4.69, 9.17) is 5.73 Å². The number of nitrogen functional groups attached to an aromatic ring is 1. The molecule has 0 unspecified atom stereocenters. The molecule has 3 rings (SSSR count). The van der Waals surface area contributed by atoms with Gasteiger partial charge in [-0.1, -0.05) is 42.5 Å². The minimum atomic E-state index is -0.347. The summed E-state index contributed by atoms with van der Waals surface area (Å²) >= 11 is 0. The number of carbonyl (C=O) groups is 1. The van der Waals surface area contributed by atoms with Crippen molar-refractivity contribution in [1.82, 2.24) is 25.6 Å². The number of nitrogens with zero attached hydrogens (tertiary/aromatic N) is 5. The van der Waals surface area contributed by atoms with Crippen molar-refractivity contribution in [2.24, 2.45) is 5.10 Å². The number of hydrogen-bond donors (Lipinski definition) is 2. The van der Waals surface area contributed by atoms with Gasteiger partial charge in [0.2, 0.25) is 5.82 Å². The van der Waals surface area contributed by atoms with Gasteiger partial charge in [0.1, 0.15) is 6.54 Å². The maximum absolute atomic E-state index is 12.0. The summed E-state index contributed by atoms with van der Waals surface area (Å²) in [6.07, 6.45) is 0. The van der Waals surface area contributed by atoms with E-state index in [-0.39, 0.29) is 12.5 Å². The Morgan fingerprint density at radius 2 is 2.00 bits per heavy atom. The van der Waals surface area contributed by atoms with E-state index < -0.39 is 0 Å². The topological polar surface area (TPSA) is 111 Å². The van der Waals surface area contributed by atoms with Gasteiger partial charge in [0.25, 0.3) is 5.91 Å². The number of hydrogen-bond acceptors (Lipinski definition) is 6. The van der Waals surface area contributed by atoms with Gasteiger partial charge in [-0.25, -0.2) is 5.43 Å². The molecule has 3 N–H and O–H groups in total. The van der Waals surface area contributed by atoms with E-state index in [0.29, 0.717) is 17.2 Å². The lowest BCUT2D eigenvalue weighted by atomic mass is 10.1. The van der Waals surface area contributed by atoms with Crippen LogP contribution in [0.5, 0.6) is 0 Å². The highest BCUT2D eigenvalue weighted by molar-refractivity contribution is 5.99. The number of benzene rings is 2. The summed E-state index contributed by atoms with van der Waals surface area (Å²) in [5.41, 5.74) is 11.2. The minimum absolute atomic E-state index is 0.0759. The molecule has 0 saturated carbocycles. The van der Waals surface area contributed by atoms with Crippen LogP contribution in [-0.2, 0) is 11.3 Å². The van der Waals surface area contributed by atoms with Crippen molar-refractivity contribution in [2.45, 2.75) is 13.5 Å². The third-order valence-electron chi connectivity index (χ3n) is 3.42. The van der Waals surface area contributed by atoms with E-state index in [1.54, 1.807) is 19.1 Å². The number of nitrogens with two attached hydrogens (primary N) is 1. The fourth-order valence-electron chi connectivity index (χ4n) is 2.15. The molecule has 0 fully saturated rings. The Morgan fingerprint density at radius 1 is 1.20 bits per heavy atom. The fourth-order valence-corrected chi connectivity index (χ4v) is 2.15. The lowest BCUT2D eigenvalue weighted by Crippen LogP contribution is -2.25. The molecule has 3 aromatic rings. The number of rotatable bonds is 5. The zero-order valence-electron chi connectivity index (χ0n) is 13.6. The average molecular weight is 335 g/mol. The van der Waals surface area contributed by atoms with Crippen LogP contribution in [-0.4, -0.2) is 31.8 Å². The maximum atomic E-state index is 12.0. The lowest BCUT2D eigenvalue weighted by molar-refractivity contribution is -0.122. The van der Waals surface area contributed by atoms with Crippen molar-refractivity contribution in [3.05, 3.63) is 60.2 Å². The number of hydrazone groups is 1. The van der Waals surface area contributed by atoms with E-state index in [2.05, 4.69) is 25.9 Å². The Bertz CT molecular complexity index is 902. The summed E-state index contributed by atoms with van der Waals surface area (Å²) in [4.78, 5) is 13.2. The Labute approximate surface area is 144 Å². The van der Waals surface area contributed by atoms with Crippen LogP contribution in [0.3, 0.4) is 0 Å². The van der Waals surface area contributed by atoms with Gasteiger partial charge in [-0.3, -0.25) is 4.79 Å². The average Bonchev–Trinajstić information content (AvgIpc) is 3.09. The number of aromatic nitrogens is 4. The maximum Gasteiger partial charge on any atom is 0.263 e. The molecule has 1 heterocycles. The normalized spacial score (nSPS) is 11.3. The summed E-state index contributed by atoms with van der Waals surface area (Å²) in [6, 6.07) is 16.7. The molecule has 0 aliphatic heterocycles. The first-order valence-electron chi connectivity index (χ1n) is 7.64. The smallest absolute Gasteiger partial charge is 0.263 e. The lowest BCUT2D eigenvalue weighted by Gasteiger charge is -2.03. The highest BCUT2D eigenvalue weighted by Crippen LogP contribution is 2.11. The minimum Gasteiger partial charge on any atom is -0.399 e. The molecule has 2 aromatic carbocycles. The molecule has 1 aromatic heterocycles. The molecule has 0 aliphatic carbocycles. The largest absolute Gasteiger partial charge is 0.399 e. The summed E-state index contributed by atoms with van der Waals surface area (Å²) < 4.78 is 0. The highest BCUT2D eigenvalue weighted by Gasteiger charge is 2.09. The van der Waals surface area contributed by atoms with E-state index in [9.17, 15) is 4.79 Å². The molecular formula is C17H17N7O. The third-order valence-corrected chi connectivity index (χ3v) is 3.42. The molecule has 0 spiro atoms. The van der Waals surface area contributed by atoms with Crippen LogP contribution in [0.2, 0.25) is 0 Å². The molecule has 0 saturated heterocycles. The van der Waals surface area contributed by atoms with Crippen molar-refractivity contribution >= 4 is 17.3 Å². The van der Waals surface area contributed by atoms with E-state index in [0.717, 1.165) is 11.1 Å². The van der Waals surface area contributed by atoms with Crippen molar-refractivity contribution in [3.8, 4) is 11.4 Å². The second-order valence-corrected chi connectivity index (χ2v) is 5.37. The molecule has 8 nitrogen and oxygen atoms in total. The number of amides is 1. The number of carbonyl (C=O) groups excluding carboxylic acids is 1. The molecule has 0 bridgehead atoms. The summed E-state index contributed by atoms with van der Waals surface area (Å²) in [6.45, 7) is 1.71. The van der Waals surface area contributed by atoms with Crippen LogP contribution in [0, 0.1) is 0 Å². The van der Waals surface area contributed by atoms with Gasteiger partial charge < -0.3 is 5.73 Å².